The summed E-state index contributed by atoms with van der Waals surface area (Å²) in [6.07, 6.45) is 14.7. The van der Waals surface area contributed by atoms with E-state index < -0.39 is 17.9 Å². The van der Waals surface area contributed by atoms with Crippen LogP contribution in [0, 0.1) is 0 Å². The second-order valence-corrected chi connectivity index (χ2v) is 11.6. The standard InChI is InChI=1S/C42H42O9/c1-31-22-25-46-37-13-4-35(5-14-37)11-20-41(44)50-29-33(3)24-27-48-39-17-8-36(9-18-39)12-21-42(45)51-30-32(2)23-26-47-38-15-6-34(7-16-38)10-19-40(43)49-28-31/h4-24H,25-30H2,1-3H3/b19-10+,20-11+,21-12+,31-22-,32-23-,33-24-. The molecule has 0 atom stereocenters. The minimum atomic E-state index is -0.460. The van der Waals surface area contributed by atoms with E-state index in [4.69, 9.17) is 28.4 Å². The van der Waals surface area contributed by atoms with Crippen LogP contribution < -0.4 is 14.2 Å². The molecule has 4 aliphatic heterocycles. The molecule has 4 aliphatic rings. The van der Waals surface area contributed by atoms with Gasteiger partial charge in [-0.05, 0) is 127 Å². The summed E-state index contributed by atoms with van der Waals surface area (Å²) >= 11 is 0. The fraction of sp³-hybridized carbons (Fsp3) is 0.214. The van der Waals surface area contributed by atoms with Crippen LogP contribution in [0.2, 0.25) is 0 Å². The predicted octanol–water partition coefficient (Wildman–Crippen LogP) is 7.75. The minimum absolute atomic E-state index is 0.138. The summed E-state index contributed by atoms with van der Waals surface area (Å²) in [6.45, 7) is 6.90. The Labute approximate surface area is 298 Å². The molecule has 4 heterocycles. The zero-order chi connectivity index (χ0) is 36.3. The van der Waals surface area contributed by atoms with E-state index in [0.29, 0.717) is 37.1 Å². The smallest absolute Gasteiger partial charge is 0.331 e. The van der Waals surface area contributed by atoms with E-state index in [9.17, 15) is 14.4 Å². The molecule has 9 nitrogen and oxygen atoms in total. The first-order valence-electron chi connectivity index (χ1n) is 16.4. The van der Waals surface area contributed by atoms with Crippen molar-refractivity contribution in [1.82, 2.24) is 0 Å². The first-order valence-corrected chi connectivity index (χ1v) is 16.4. The Morgan fingerprint density at radius 2 is 0.608 bits per heavy atom. The molecule has 3 aromatic carbocycles. The second-order valence-electron chi connectivity index (χ2n) is 11.6. The third kappa shape index (κ3) is 14.9. The van der Waals surface area contributed by atoms with Gasteiger partial charge in [0, 0.05) is 18.2 Å². The Balaban J connectivity index is 1.37. The average Bonchev–Trinajstić information content (AvgIpc) is 3.14. The third-order valence-electron chi connectivity index (χ3n) is 7.25. The highest BCUT2D eigenvalue weighted by atomic mass is 16.5. The van der Waals surface area contributed by atoms with Gasteiger partial charge < -0.3 is 28.4 Å². The van der Waals surface area contributed by atoms with Crippen molar-refractivity contribution in [3.63, 3.8) is 0 Å². The normalized spacial score (nSPS) is 21.0. The lowest BCUT2D eigenvalue weighted by Crippen LogP contribution is -2.04. The topological polar surface area (TPSA) is 107 Å². The highest BCUT2D eigenvalue weighted by Crippen LogP contribution is 2.16. The summed E-state index contributed by atoms with van der Waals surface area (Å²) in [5.41, 5.74) is 4.98. The van der Waals surface area contributed by atoms with Crippen LogP contribution in [0.4, 0.5) is 0 Å². The Hall–Kier alpha value is -6.09. The fourth-order valence-electron chi connectivity index (χ4n) is 4.23. The van der Waals surface area contributed by atoms with Crippen LogP contribution in [0.15, 0.2) is 126 Å². The van der Waals surface area contributed by atoms with Gasteiger partial charge in [0.2, 0.25) is 0 Å². The number of rotatable bonds is 0. The Bertz CT molecular complexity index is 1580. The van der Waals surface area contributed by atoms with Gasteiger partial charge in [-0.1, -0.05) is 36.4 Å². The lowest BCUT2D eigenvalue weighted by Gasteiger charge is -2.06. The average molecular weight is 691 g/mol. The van der Waals surface area contributed by atoms with Gasteiger partial charge >= 0.3 is 17.9 Å². The van der Waals surface area contributed by atoms with Crippen LogP contribution in [0.5, 0.6) is 17.2 Å². The molecular formula is C42H42O9. The Morgan fingerprint density at radius 1 is 0.353 bits per heavy atom. The summed E-state index contributed by atoms with van der Waals surface area (Å²) < 4.78 is 33.3. The quantitative estimate of drug-likeness (QED) is 0.133. The second kappa shape index (κ2) is 20.4. The van der Waals surface area contributed by atoms with Crippen LogP contribution in [0.25, 0.3) is 18.2 Å². The van der Waals surface area contributed by atoms with Crippen molar-refractivity contribution in [2.24, 2.45) is 0 Å². The van der Waals surface area contributed by atoms with Gasteiger partial charge in [0.25, 0.3) is 0 Å². The molecule has 6 bridgehead atoms. The lowest BCUT2D eigenvalue weighted by atomic mass is 10.2. The summed E-state index contributed by atoms with van der Waals surface area (Å²) in [6, 6.07) is 21.8. The van der Waals surface area contributed by atoms with Crippen LogP contribution in [-0.4, -0.2) is 57.5 Å². The summed E-state index contributed by atoms with van der Waals surface area (Å²) in [7, 11) is 0. The van der Waals surface area contributed by atoms with Gasteiger partial charge in [0.1, 0.15) is 56.9 Å². The molecule has 0 amide bonds. The van der Waals surface area contributed by atoms with Crippen LogP contribution in [0.1, 0.15) is 37.5 Å². The molecule has 3 aromatic rings. The van der Waals surface area contributed by atoms with Crippen molar-refractivity contribution < 1.29 is 42.8 Å². The number of carbonyl (C=O) groups is 3. The zero-order valence-electron chi connectivity index (χ0n) is 29.0. The van der Waals surface area contributed by atoms with Crippen LogP contribution in [0.3, 0.4) is 0 Å². The van der Waals surface area contributed by atoms with Gasteiger partial charge in [-0.2, -0.15) is 0 Å². The fourth-order valence-corrected chi connectivity index (χ4v) is 4.23. The highest BCUT2D eigenvalue weighted by Gasteiger charge is 2.03. The predicted molar refractivity (Wildman–Crippen MR) is 197 cm³/mol. The van der Waals surface area contributed by atoms with Crippen molar-refractivity contribution in [3.8, 4) is 17.2 Å². The SMILES string of the molecule is C/C1=C/COc2ccc(cc2)/C=C/C(=O)OC/C(C)=C\COc2ccc(cc2)/C=C/C(=O)OC/C(C)=C\COc2ccc(cc2)/C=C/C(=O)OC1. The summed E-state index contributed by atoms with van der Waals surface area (Å²) in [5, 5.41) is 0. The Kier molecular flexibility index (Phi) is 15.1. The number of ether oxygens (including phenoxy) is 6. The molecule has 0 aromatic heterocycles. The lowest BCUT2D eigenvalue weighted by molar-refractivity contribution is -0.137. The summed E-state index contributed by atoms with van der Waals surface area (Å²) in [5.74, 6) is 0.600. The van der Waals surface area contributed by atoms with Crippen molar-refractivity contribution in [3.05, 3.63) is 143 Å². The molecule has 0 spiro atoms. The largest absolute Gasteiger partial charge is 0.490 e. The van der Waals surface area contributed by atoms with Crippen molar-refractivity contribution in [2.75, 3.05) is 39.6 Å². The maximum absolute atomic E-state index is 12.2. The first kappa shape index (κ1) is 37.7. The van der Waals surface area contributed by atoms with Gasteiger partial charge in [-0.15, -0.1) is 0 Å². The molecule has 264 valence electrons. The van der Waals surface area contributed by atoms with E-state index in [0.717, 1.165) is 33.4 Å². The number of hydrogen-bond acceptors (Lipinski definition) is 9. The van der Waals surface area contributed by atoms with Gasteiger partial charge in [0.15, 0.2) is 0 Å². The highest BCUT2D eigenvalue weighted by molar-refractivity contribution is 5.88. The molecule has 9 heteroatoms. The molecule has 0 saturated heterocycles. The molecule has 0 fully saturated rings. The van der Waals surface area contributed by atoms with E-state index >= 15 is 0 Å². The Morgan fingerprint density at radius 3 is 0.863 bits per heavy atom. The van der Waals surface area contributed by atoms with Crippen LogP contribution >= 0.6 is 0 Å². The van der Waals surface area contributed by atoms with Gasteiger partial charge in [-0.3, -0.25) is 0 Å². The van der Waals surface area contributed by atoms with E-state index in [2.05, 4.69) is 0 Å². The zero-order valence-corrected chi connectivity index (χ0v) is 29.0. The number of hydrogen-bond donors (Lipinski definition) is 0. The maximum atomic E-state index is 12.2. The monoisotopic (exact) mass is 690 g/mol. The molecular weight excluding hydrogens is 648 g/mol. The van der Waals surface area contributed by atoms with E-state index in [1.165, 1.54) is 18.2 Å². The van der Waals surface area contributed by atoms with E-state index in [1.54, 1.807) is 18.2 Å². The minimum Gasteiger partial charge on any atom is -0.490 e. The van der Waals surface area contributed by atoms with Crippen molar-refractivity contribution in [1.29, 1.82) is 0 Å². The van der Waals surface area contributed by atoms with Gasteiger partial charge in [-0.25, -0.2) is 14.4 Å². The molecule has 0 saturated carbocycles. The number of carbonyl (C=O) groups excluding carboxylic acids is 3. The van der Waals surface area contributed by atoms with Crippen molar-refractivity contribution >= 4 is 36.1 Å². The van der Waals surface area contributed by atoms with Crippen molar-refractivity contribution in [2.45, 2.75) is 20.8 Å². The molecule has 0 N–H and O–H groups in total. The molecule has 0 radical (unpaired) electrons. The van der Waals surface area contributed by atoms with E-state index in [-0.39, 0.29) is 19.8 Å². The van der Waals surface area contributed by atoms with E-state index in [1.807, 2.05) is 112 Å². The number of esters is 3. The molecule has 51 heavy (non-hydrogen) atoms. The molecule has 0 unspecified atom stereocenters. The third-order valence-corrected chi connectivity index (χ3v) is 7.25. The first-order chi connectivity index (χ1) is 24.7. The van der Waals surface area contributed by atoms with Gasteiger partial charge in [0.05, 0.1) is 0 Å². The maximum Gasteiger partial charge on any atom is 0.331 e. The molecule has 0 aliphatic carbocycles. The van der Waals surface area contributed by atoms with Crippen LogP contribution in [-0.2, 0) is 28.6 Å². The number of benzene rings is 3. The molecule has 7 rings (SSSR count). The number of fused-ring (bicyclic) bond motifs is 3. The summed E-state index contributed by atoms with van der Waals surface area (Å²) in [4.78, 5) is 36.7.